The van der Waals surface area contributed by atoms with Crippen LogP contribution >= 0.6 is 0 Å². The molecule has 0 atom stereocenters. The van der Waals surface area contributed by atoms with E-state index in [9.17, 15) is 9.18 Å². The number of hydrogen-bond donors (Lipinski definition) is 1. The Labute approximate surface area is 174 Å². The van der Waals surface area contributed by atoms with Crippen LogP contribution in [0.1, 0.15) is 24.5 Å². The van der Waals surface area contributed by atoms with Crippen molar-refractivity contribution in [2.24, 2.45) is 0 Å². The van der Waals surface area contributed by atoms with E-state index < -0.39 is 5.82 Å². The van der Waals surface area contributed by atoms with E-state index in [4.69, 9.17) is 9.72 Å². The molecule has 0 aliphatic carbocycles. The summed E-state index contributed by atoms with van der Waals surface area (Å²) in [6.45, 7) is 1.10. The highest BCUT2D eigenvalue weighted by Gasteiger charge is 2.25. The third-order valence-electron chi connectivity index (χ3n) is 5.15. The number of rotatable bonds is 6. The first kappa shape index (κ1) is 19.8. The highest BCUT2D eigenvalue weighted by atomic mass is 19.1. The maximum absolute atomic E-state index is 13.6. The van der Waals surface area contributed by atoms with Crippen molar-refractivity contribution in [3.05, 3.63) is 78.4 Å². The second-order valence-corrected chi connectivity index (χ2v) is 7.16. The van der Waals surface area contributed by atoms with Gasteiger partial charge in [0.25, 0.3) is 5.91 Å². The van der Waals surface area contributed by atoms with Gasteiger partial charge in [-0.15, -0.1) is 0 Å². The fourth-order valence-electron chi connectivity index (χ4n) is 3.53. The lowest BCUT2D eigenvalue weighted by atomic mass is 9.93. The number of nitrogens with one attached hydrogen (secondary N) is 1. The van der Waals surface area contributed by atoms with E-state index in [1.54, 1.807) is 23.2 Å². The zero-order valence-electron chi connectivity index (χ0n) is 16.5. The number of para-hydroxylation sites is 1. The summed E-state index contributed by atoms with van der Waals surface area (Å²) in [5, 5.41) is 3.21. The molecule has 1 amide bonds. The molecule has 1 aromatic carbocycles. The largest absolute Gasteiger partial charge is 0.481 e. The summed E-state index contributed by atoms with van der Waals surface area (Å²) in [6.07, 6.45) is 3.38. The van der Waals surface area contributed by atoms with Crippen molar-refractivity contribution in [3.63, 3.8) is 0 Å². The first-order valence-corrected chi connectivity index (χ1v) is 9.99. The number of pyridine rings is 2. The number of carbonyl (C=O) groups excluding carboxylic acids is 1. The Kier molecular flexibility index (Phi) is 6.17. The Balaban J connectivity index is 1.30. The minimum Gasteiger partial charge on any atom is -0.481 e. The molecule has 154 valence electrons. The number of piperidine rings is 1. The lowest BCUT2D eigenvalue weighted by molar-refractivity contribution is -0.134. The summed E-state index contributed by atoms with van der Waals surface area (Å²) in [7, 11) is 0. The fourth-order valence-corrected chi connectivity index (χ4v) is 3.53. The van der Waals surface area contributed by atoms with Gasteiger partial charge in [0.2, 0.25) is 0 Å². The summed E-state index contributed by atoms with van der Waals surface area (Å²) in [6, 6.07) is 17.7. The molecule has 0 saturated carbocycles. The van der Waals surface area contributed by atoms with Gasteiger partial charge in [0, 0.05) is 30.9 Å². The predicted octanol–water partition coefficient (Wildman–Crippen LogP) is 4.14. The van der Waals surface area contributed by atoms with Crippen LogP contribution < -0.4 is 10.1 Å². The molecule has 7 heteroatoms. The molecule has 3 heterocycles. The Morgan fingerprint density at radius 2 is 1.80 bits per heavy atom. The van der Waals surface area contributed by atoms with Gasteiger partial charge in [0.05, 0.1) is 0 Å². The van der Waals surface area contributed by atoms with Crippen molar-refractivity contribution >= 4 is 17.5 Å². The Morgan fingerprint density at radius 1 is 1.03 bits per heavy atom. The lowest BCUT2D eigenvalue weighted by Crippen LogP contribution is -2.40. The molecular weight excluding hydrogens is 383 g/mol. The van der Waals surface area contributed by atoms with Gasteiger partial charge in [0.1, 0.15) is 11.6 Å². The smallest absolute Gasteiger partial charge is 0.260 e. The molecular formula is C23H23FN4O2. The van der Waals surface area contributed by atoms with Gasteiger partial charge in [-0.3, -0.25) is 4.79 Å². The van der Waals surface area contributed by atoms with Crippen LogP contribution in [0.25, 0.3) is 0 Å². The van der Waals surface area contributed by atoms with Crippen molar-refractivity contribution < 1.29 is 13.9 Å². The number of hydrogen-bond acceptors (Lipinski definition) is 5. The van der Waals surface area contributed by atoms with Gasteiger partial charge in [-0.05, 0) is 49.2 Å². The number of anilines is 2. The van der Waals surface area contributed by atoms with Crippen molar-refractivity contribution in [1.29, 1.82) is 0 Å². The number of aromatic nitrogens is 2. The predicted molar refractivity (Wildman–Crippen MR) is 112 cm³/mol. The maximum atomic E-state index is 13.6. The average molecular weight is 406 g/mol. The van der Waals surface area contributed by atoms with Crippen molar-refractivity contribution in [3.8, 4) is 5.75 Å². The molecule has 1 saturated heterocycles. The lowest BCUT2D eigenvalue weighted by Gasteiger charge is -2.31. The van der Waals surface area contributed by atoms with Crippen LogP contribution in [-0.2, 0) is 4.79 Å². The van der Waals surface area contributed by atoms with Gasteiger partial charge in [-0.2, -0.15) is 0 Å². The van der Waals surface area contributed by atoms with Crippen LogP contribution in [0, 0.1) is 5.82 Å². The van der Waals surface area contributed by atoms with Gasteiger partial charge in [-0.1, -0.05) is 24.3 Å². The number of carbonyl (C=O) groups is 1. The molecule has 1 N–H and O–H groups in total. The van der Waals surface area contributed by atoms with Crippen LogP contribution in [0.2, 0.25) is 0 Å². The molecule has 1 aliphatic rings. The van der Waals surface area contributed by atoms with E-state index in [0.29, 0.717) is 13.1 Å². The molecule has 1 fully saturated rings. The summed E-state index contributed by atoms with van der Waals surface area (Å²) in [5.74, 6) is 1.29. The molecule has 0 bridgehead atoms. The van der Waals surface area contributed by atoms with E-state index in [1.165, 1.54) is 12.1 Å². The summed E-state index contributed by atoms with van der Waals surface area (Å²) in [4.78, 5) is 23.2. The second kappa shape index (κ2) is 9.35. The topological polar surface area (TPSA) is 67.3 Å². The first-order valence-electron chi connectivity index (χ1n) is 9.99. The van der Waals surface area contributed by atoms with Crippen LogP contribution in [0.3, 0.4) is 0 Å². The number of benzene rings is 1. The molecule has 4 rings (SSSR count). The number of nitrogens with zero attached hydrogens (tertiary/aromatic N) is 3. The molecule has 1 aliphatic heterocycles. The molecule has 0 unspecified atom stereocenters. The van der Waals surface area contributed by atoms with Crippen LogP contribution in [0.4, 0.5) is 16.0 Å². The third-order valence-corrected chi connectivity index (χ3v) is 5.15. The Bertz CT molecular complexity index is 991. The van der Waals surface area contributed by atoms with Gasteiger partial charge >= 0.3 is 0 Å². The standard InChI is InChI=1S/C23H23FN4O2/c24-18-6-1-2-8-20(18)30-16-23(29)28-14-11-17(12-15-28)19-7-5-10-22(26-19)27-21-9-3-4-13-25-21/h1-10,13,17H,11-12,14-16H2,(H,25,26,27). The summed E-state index contributed by atoms with van der Waals surface area (Å²) in [5.41, 5.74) is 1.01. The Hall–Kier alpha value is -3.48. The van der Waals surface area contributed by atoms with E-state index in [-0.39, 0.29) is 24.2 Å². The third kappa shape index (κ3) is 4.92. The SMILES string of the molecule is O=C(COc1ccccc1F)N1CCC(c2cccc(Nc3ccccn3)n2)CC1. The minimum absolute atomic E-state index is 0.0992. The number of halogens is 1. The average Bonchev–Trinajstić information content (AvgIpc) is 2.79. The van der Waals surface area contributed by atoms with Gasteiger partial charge in [0.15, 0.2) is 18.2 Å². The molecule has 0 spiro atoms. The van der Waals surface area contributed by atoms with Gasteiger partial charge in [-0.25, -0.2) is 14.4 Å². The minimum atomic E-state index is -0.464. The summed E-state index contributed by atoms with van der Waals surface area (Å²) < 4.78 is 19.0. The number of likely N-dealkylation sites (tertiary alicyclic amines) is 1. The fraction of sp³-hybridized carbons (Fsp3) is 0.261. The molecule has 0 radical (unpaired) electrons. The normalized spacial score (nSPS) is 14.4. The van der Waals surface area contributed by atoms with Crippen LogP contribution in [0.5, 0.6) is 5.75 Å². The molecule has 3 aromatic rings. The zero-order valence-corrected chi connectivity index (χ0v) is 16.5. The molecule has 2 aromatic heterocycles. The number of amides is 1. The highest BCUT2D eigenvalue weighted by molar-refractivity contribution is 5.77. The zero-order chi connectivity index (χ0) is 20.8. The quantitative estimate of drug-likeness (QED) is 0.666. The van der Waals surface area contributed by atoms with Crippen molar-refractivity contribution in [1.82, 2.24) is 14.9 Å². The first-order chi connectivity index (χ1) is 14.7. The highest BCUT2D eigenvalue weighted by Crippen LogP contribution is 2.28. The Morgan fingerprint density at radius 3 is 2.57 bits per heavy atom. The van der Waals surface area contributed by atoms with E-state index >= 15 is 0 Å². The van der Waals surface area contributed by atoms with E-state index in [2.05, 4.69) is 10.3 Å². The van der Waals surface area contributed by atoms with Crippen molar-refractivity contribution in [2.75, 3.05) is 25.0 Å². The monoisotopic (exact) mass is 406 g/mol. The maximum Gasteiger partial charge on any atom is 0.260 e. The van der Waals surface area contributed by atoms with Gasteiger partial charge < -0.3 is 15.0 Å². The number of ether oxygens (including phenoxy) is 1. The van der Waals surface area contributed by atoms with Crippen LogP contribution in [-0.4, -0.2) is 40.5 Å². The second-order valence-electron chi connectivity index (χ2n) is 7.16. The van der Waals surface area contributed by atoms with Crippen molar-refractivity contribution in [2.45, 2.75) is 18.8 Å². The van der Waals surface area contributed by atoms with Crippen LogP contribution in [0.15, 0.2) is 66.9 Å². The summed E-state index contributed by atoms with van der Waals surface area (Å²) >= 11 is 0. The molecule has 30 heavy (non-hydrogen) atoms. The van der Waals surface area contributed by atoms with E-state index in [0.717, 1.165) is 30.2 Å². The molecule has 6 nitrogen and oxygen atoms in total. The van der Waals surface area contributed by atoms with E-state index in [1.807, 2.05) is 36.4 Å².